The zero-order chi connectivity index (χ0) is 14.5. The molecule has 0 spiro atoms. The fourth-order valence-corrected chi connectivity index (χ4v) is 2.00. The molecule has 0 aromatic carbocycles. The number of furan rings is 1. The van der Waals surface area contributed by atoms with E-state index >= 15 is 0 Å². The number of hydrogen-bond donors (Lipinski definition) is 1. The molecule has 0 aliphatic carbocycles. The lowest BCUT2D eigenvalue weighted by molar-refractivity contribution is 0.506. The Labute approximate surface area is 124 Å². The van der Waals surface area contributed by atoms with Gasteiger partial charge in [-0.3, -0.25) is 0 Å². The average Bonchev–Trinajstić information content (AvgIpc) is 2.90. The van der Waals surface area contributed by atoms with E-state index in [0.29, 0.717) is 24.2 Å². The Morgan fingerprint density at radius 3 is 2.80 bits per heavy atom. The molecule has 0 saturated heterocycles. The summed E-state index contributed by atoms with van der Waals surface area (Å²) in [5.41, 5.74) is 0.865. The Morgan fingerprint density at radius 2 is 2.15 bits per heavy atom. The van der Waals surface area contributed by atoms with Crippen LogP contribution in [0.5, 0.6) is 0 Å². The van der Waals surface area contributed by atoms with Crippen LogP contribution in [-0.4, -0.2) is 18.1 Å². The van der Waals surface area contributed by atoms with E-state index < -0.39 is 0 Å². The van der Waals surface area contributed by atoms with Gasteiger partial charge < -0.3 is 14.6 Å². The highest BCUT2D eigenvalue weighted by Crippen LogP contribution is 2.20. The Bertz CT molecular complexity index is 540. The summed E-state index contributed by atoms with van der Waals surface area (Å²) in [6.45, 7) is 5.54. The molecular formula is C15H20ClN3O. The van der Waals surface area contributed by atoms with Gasteiger partial charge in [-0.25, -0.2) is 4.98 Å². The molecule has 2 heterocycles. The maximum atomic E-state index is 6.19. The molecular weight excluding hydrogens is 274 g/mol. The fraction of sp³-hybridized carbons (Fsp3) is 0.400. The second kappa shape index (κ2) is 6.77. The molecule has 5 heteroatoms. The molecule has 1 N–H and O–H groups in total. The number of halogens is 1. The lowest BCUT2D eigenvalue weighted by Crippen LogP contribution is -2.23. The van der Waals surface area contributed by atoms with Crippen LogP contribution in [0.3, 0.4) is 0 Å². The summed E-state index contributed by atoms with van der Waals surface area (Å²) in [5.74, 6) is 1.79. The van der Waals surface area contributed by atoms with Crippen molar-refractivity contribution in [2.45, 2.75) is 33.0 Å². The van der Waals surface area contributed by atoms with Gasteiger partial charge in [0.1, 0.15) is 11.6 Å². The predicted molar refractivity (Wildman–Crippen MR) is 82.0 cm³/mol. The summed E-state index contributed by atoms with van der Waals surface area (Å²) >= 11 is 6.19. The van der Waals surface area contributed by atoms with Gasteiger partial charge in [-0.2, -0.15) is 0 Å². The Morgan fingerprint density at radius 1 is 1.35 bits per heavy atom. The number of anilines is 1. The lowest BCUT2D eigenvalue weighted by Gasteiger charge is -2.18. The molecule has 0 amide bonds. The third kappa shape index (κ3) is 3.99. The van der Waals surface area contributed by atoms with E-state index in [0.717, 1.165) is 17.3 Å². The SMILES string of the molecule is CC(C)NCc1nc(N(C)Cc2ccco2)ccc1Cl. The van der Waals surface area contributed by atoms with E-state index in [2.05, 4.69) is 24.1 Å². The van der Waals surface area contributed by atoms with E-state index in [1.165, 1.54) is 0 Å². The molecule has 0 aliphatic heterocycles. The Kier molecular flexibility index (Phi) is 5.04. The summed E-state index contributed by atoms with van der Waals surface area (Å²) in [5, 5.41) is 4.02. The van der Waals surface area contributed by atoms with Crippen molar-refractivity contribution in [2.75, 3.05) is 11.9 Å². The standard InChI is InChI=1S/C15H20ClN3O/c1-11(2)17-9-14-13(16)6-7-15(18-14)19(3)10-12-5-4-8-20-12/h4-8,11,17H,9-10H2,1-3H3. The van der Waals surface area contributed by atoms with Crippen LogP contribution >= 0.6 is 11.6 Å². The van der Waals surface area contributed by atoms with Gasteiger partial charge in [-0.05, 0) is 24.3 Å². The van der Waals surface area contributed by atoms with E-state index in [4.69, 9.17) is 16.0 Å². The van der Waals surface area contributed by atoms with E-state index in [9.17, 15) is 0 Å². The van der Waals surface area contributed by atoms with Gasteiger partial charge >= 0.3 is 0 Å². The minimum Gasteiger partial charge on any atom is -0.467 e. The summed E-state index contributed by atoms with van der Waals surface area (Å²) in [7, 11) is 1.98. The van der Waals surface area contributed by atoms with Gasteiger partial charge in [0.05, 0.1) is 23.5 Å². The zero-order valence-electron chi connectivity index (χ0n) is 12.1. The molecule has 0 fully saturated rings. The predicted octanol–water partition coefficient (Wildman–Crippen LogP) is 3.46. The maximum Gasteiger partial charge on any atom is 0.129 e. The van der Waals surface area contributed by atoms with E-state index in [-0.39, 0.29) is 0 Å². The summed E-state index contributed by atoms with van der Waals surface area (Å²) in [4.78, 5) is 6.65. The van der Waals surface area contributed by atoms with Gasteiger partial charge in [-0.1, -0.05) is 25.4 Å². The van der Waals surface area contributed by atoms with Crippen LogP contribution < -0.4 is 10.2 Å². The number of nitrogens with one attached hydrogen (secondary N) is 1. The molecule has 2 rings (SSSR count). The monoisotopic (exact) mass is 293 g/mol. The fourth-order valence-electron chi connectivity index (χ4n) is 1.83. The number of nitrogens with zero attached hydrogens (tertiary/aromatic N) is 2. The highest BCUT2D eigenvalue weighted by Gasteiger charge is 2.09. The second-order valence-electron chi connectivity index (χ2n) is 5.07. The van der Waals surface area contributed by atoms with Crippen molar-refractivity contribution in [3.63, 3.8) is 0 Å². The van der Waals surface area contributed by atoms with Gasteiger partial charge in [-0.15, -0.1) is 0 Å². The van der Waals surface area contributed by atoms with Crippen molar-refractivity contribution in [1.82, 2.24) is 10.3 Å². The number of pyridine rings is 1. The minimum absolute atomic E-state index is 0.400. The van der Waals surface area contributed by atoms with E-state index in [1.807, 2.05) is 36.2 Å². The van der Waals surface area contributed by atoms with Gasteiger partial charge in [0.2, 0.25) is 0 Å². The van der Waals surface area contributed by atoms with Crippen LogP contribution in [0.4, 0.5) is 5.82 Å². The number of hydrogen-bond acceptors (Lipinski definition) is 4. The second-order valence-corrected chi connectivity index (χ2v) is 5.48. The van der Waals surface area contributed by atoms with Crippen molar-refractivity contribution in [3.05, 3.63) is 47.0 Å². The highest BCUT2D eigenvalue weighted by atomic mass is 35.5. The van der Waals surface area contributed by atoms with Gasteiger partial charge in [0.25, 0.3) is 0 Å². The summed E-state index contributed by atoms with van der Waals surface area (Å²) in [6, 6.07) is 8.05. The molecule has 0 saturated carbocycles. The first-order chi connectivity index (χ1) is 9.56. The first-order valence-corrected chi connectivity index (χ1v) is 7.06. The Hall–Kier alpha value is -1.52. The smallest absolute Gasteiger partial charge is 0.129 e. The van der Waals surface area contributed by atoms with E-state index in [1.54, 1.807) is 6.26 Å². The third-order valence-corrected chi connectivity index (χ3v) is 3.29. The van der Waals surface area contributed by atoms with Crippen LogP contribution in [0.1, 0.15) is 25.3 Å². The van der Waals surface area contributed by atoms with Gasteiger partial charge in [0.15, 0.2) is 0 Å². The van der Waals surface area contributed by atoms with Crippen LogP contribution in [0, 0.1) is 0 Å². The average molecular weight is 294 g/mol. The zero-order valence-corrected chi connectivity index (χ0v) is 12.8. The molecule has 108 valence electrons. The van der Waals surface area contributed by atoms with Crippen LogP contribution in [0.25, 0.3) is 0 Å². The summed E-state index contributed by atoms with van der Waals surface area (Å²) < 4.78 is 5.35. The van der Waals surface area contributed by atoms with Crippen LogP contribution in [-0.2, 0) is 13.1 Å². The lowest BCUT2D eigenvalue weighted by atomic mass is 10.3. The van der Waals surface area contributed by atoms with Crippen LogP contribution in [0.15, 0.2) is 34.9 Å². The van der Waals surface area contributed by atoms with Crippen LogP contribution in [0.2, 0.25) is 5.02 Å². The molecule has 20 heavy (non-hydrogen) atoms. The molecule has 0 radical (unpaired) electrons. The molecule has 0 aliphatic rings. The van der Waals surface area contributed by atoms with Crippen molar-refractivity contribution < 1.29 is 4.42 Å². The molecule has 0 bridgehead atoms. The topological polar surface area (TPSA) is 41.3 Å². The van der Waals surface area contributed by atoms with Crippen molar-refractivity contribution in [3.8, 4) is 0 Å². The maximum absolute atomic E-state index is 6.19. The molecule has 0 unspecified atom stereocenters. The highest BCUT2D eigenvalue weighted by molar-refractivity contribution is 6.31. The quantitative estimate of drug-likeness (QED) is 0.885. The first kappa shape index (κ1) is 14.9. The van der Waals surface area contributed by atoms with Crippen molar-refractivity contribution >= 4 is 17.4 Å². The Balaban J connectivity index is 2.09. The molecule has 2 aromatic rings. The molecule has 2 aromatic heterocycles. The normalized spacial score (nSPS) is 11.1. The van der Waals surface area contributed by atoms with Gasteiger partial charge in [0, 0.05) is 19.6 Å². The number of rotatable bonds is 6. The largest absolute Gasteiger partial charge is 0.467 e. The molecule has 0 atom stereocenters. The summed E-state index contributed by atoms with van der Waals surface area (Å²) in [6.07, 6.45) is 1.68. The number of aromatic nitrogens is 1. The third-order valence-electron chi connectivity index (χ3n) is 2.95. The van der Waals surface area contributed by atoms with Crippen molar-refractivity contribution in [2.24, 2.45) is 0 Å². The van der Waals surface area contributed by atoms with Crippen molar-refractivity contribution in [1.29, 1.82) is 0 Å². The minimum atomic E-state index is 0.400. The first-order valence-electron chi connectivity index (χ1n) is 6.68. The molecule has 4 nitrogen and oxygen atoms in total.